The molecule has 1 N–H and O–H groups in total. The Bertz CT molecular complexity index is 657. The molecule has 0 spiro atoms. The second-order valence-corrected chi connectivity index (χ2v) is 5.78. The third-order valence-corrected chi connectivity index (χ3v) is 4.12. The summed E-state index contributed by atoms with van der Waals surface area (Å²) in [5, 5.41) is 3.50. The van der Waals surface area contributed by atoms with E-state index in [1.54, 1.807) is 41.3 Å². The topological polar surface area (TPSA) is 32.3 Å². The lowest BCUT2D eigenvalue weighted by molar-refractivity contribution is 0.207. The van der Waals surface area contributed by atoms with Crippen molar-refractivity contribution in [3.63, 3.8) is 0 Å². The van der Waals surface area contributed by atoms with E-state index in [0.29, 0.717) is 17.3 Å². The van der Waals surface area contributed by atoms with Gasteiger partial charge in [-0.25, -0.2) is 9.18 Å². The van der Waals surface area contributed by atoms with E-state index in [0.717, 1.165) is 18.4 Å². The maximum atomic E-state index is 13.0. The molecule has 1 saturated heterocycles. The van der Waals surface area contributed by atoms with E-state index in [1.807, 2.05) is 0 Å². The second-order valence-electron chi connectivity index (χ2n) is 5.34. The van der Waals surface area contributed by atoms with E-state index >= 15 is 0 Å². The number of rotatable bonds is 2. The highest BCUT2D eigenvalue weighted by Crippen LogP contribution is 2.32. The molecule has 1 heterocycles. The maximum Gasteiger partial charge on any atom is 0.322 e. The summed E-state index contributed by atoms with van der Waals surface area (Å²) in [6, 6.07) is 13.2. The van der Waals surface area contributed by atoms with Crippen LogP contribution in [0.2, 0.25) is 5.02 Å². The van der Waals surface area contributed by atoms with Gasteiger partial charge in [0.05, 0.1) is 6.04 Å². The Morgan fingerprint density at radius 2 is 1.82 bits per heavy atom. The van der Waals surface area contributed by atoms with Crippen LogP contribution in [-0.2, 0) is 0 Å². The predicted octanol–water partition coefficient (Wildman–Crippen LogP) is 4.85. The van der Waals surface area contributed by atoms with Gasteiger partial charge in [-0.15, -0.1) is 0 Å². The molecule has 3 rings (SSSR count). The number of hydrogen-bond donors (Lipinski definition) is 1. The molecule has 0 radical (unpaired) electrons. The lowest BCUT2D eigenvalue weighted by Gasteiger charge is -2.25. The Morgan fingerprint density at radius 3 is 2.50 bits per heavy atom. The van der Waals surface area contributed by atoms with Gasteiger partial charge in [0.25, 0.3) is 0 Å². The molecule has 3 nitrogen and oxygen atoms in total. The lowest BCUT2D eigenvalue weighted by Crippen LogP contribution is -2.34. The summed E-state index contributed by atoms with van der Waals surface area (Å²) in [7, 11) is 0. The summed E-state index contributed by atoms with van der Waals surface area (Å²) >= 11 is 5.84. The van der Waals surface area contributed by atoms with Gasteiger partial charge in [-0.2, -0.15) is 0 Å². The van der Waals surface area contributed by atoms with Gasteiger partial charge in [0.15, 0.2) is 0 Å². The third kappa shape index (κ3) is 3.22. The highest BCUT2D eigenvalue weighted by Gasteiger charge is 2.29. The van der Waals surface area contributed by atoms with Crippen LogP contribution in [0.3, 0.4) is 0 Å². The van der Waals surface area contributed by atoms with Gasteiger partial charge in [-0.1, -0.05) is 23.7 Å². The zero-order valence-corrected chi connectivity index (χ0v) is 12.7. The Labute approximate surface area is 133 Å². The van der Waals surface area contributed by atoms with Crippen LogP contribution in [0.1, 0.15) is 24.4 Å². The summed E-state index contributed by atoms with van der Waals surface area (Å²) < 4.78 is 13.0. The van der Waals surface area contributed by atoms with Crippen molar-refractivity contribution in [1.82, 2.24) is 4.90 Å². The van der Waals surface area contributed by atoms with E-state index in [9.17, 15) is 9.18 Å². The van der Waals surface area contributed by atoms with Gasteiger partial charge in [0.1, 0.15) is 5.82 Å². The SMILES string of the molecule is O=C(Nc1ccc(Cl)cc1)N1CCCC1c1ccc(F)cc1. The number of urea groups is 1. The number of amides is 2. The molecular formula is C17H16ClFN2O. The predicted molar refractivity (Wildman–Crippen MR) is 85.6 cm³/mol. The first-order chi connectivity index (χ1) is 10.6. The summed E-state index contributed by atoms with van der Waals surface area (Å²) in [6.07, 6.45) is 1.83. The number of halogens is 2. The lowest BCUT2D eigenvalue weighted by atomic mass is 10.0. The molecule has 2 amide bonds. The molecule has 0 saturated carbocycles. The van der Waals surface area contributed by atoms with Crippen LogP contribution in [0, 0.1) is 5.82 Å². The smallest absolute Gasteiger partial charge is 0.317 e. The molecule has 0 aliphatic carbocycles. The van der Waals surface area contributed by atoms with Crippen molar-refractivity contribution in [2.45, 2.75) is 18.9 Å². The molecule has 5 heteroatoms. The highest BCUT2D eigenvalue weighted by atomic mass is 35.5. The van der Waals surface area contributed by atoms with Crippen LogP contribution < -0.4 is 5.32 Å². The minimum absolute atomic E-state index is 0.00657. The molecule has 114 valence electrons. The Morgan fingerprint density at radius 1 is 1.14 bits per heavy atom. The molecule has 22 heavy (non-hydrogen) atoms. The number of carbonyl (C=O) groups is 1. The monoisotopic (exact) mass is 318 g/mol. The van der Waals surface area contributed by atoms with E-state index in [4.69, 9.17) is 11.6 Å². The molecule has 1 aliphatic rings. The highest BCUT2D eigenvalue weighted by molar-refractivity contribution is 6.30. The molecule has 1 atom stereocenters. The number of hydrogen-bond acceptors (Lipinski definition) is 1. The van der Waals surface area contributed by atoms with E-state index in [2.05, 4.69) is 5.32 Å². The van der Waals surface area contributed by atoms with E-state index < -0.39 is 0 Å². The number of benzene rings is 2. The Kier molecular flexibility index (Phi) is 4.29. The van der Waals surface area contributed by atoms with Gasteiger partial charge in [0, 0.05) is 17.3 Å². The Balaban J connectivity index is 1.73. The van der Waals surface area contributed by atoms with Gasteiger partial charge in [-0.05, 0) is 54.8 Å². The van der Waals surface area contributed by atoms with Gasteiger partial charge >= 0.3 is 6.03 Å². The minimum Gasteiger partial charge on any atom is -0.317 e. The molecule has 1 unspecified atom stereocenters. The zero-order valence-electron chi connectivity index (χ0n) is 11.9. The average molecular weight is 319 g/mol. The molecule has 1 fully saturated rings. The summed E-state index contributed by atoms with van der Waals surface area (Å²) in [5.74, 6) is -0.265. The standard InChI is InChI=1S/C17H16ClFN2O/c18-13-5-9-15(10-6-13)20-17(22)21-11-1-2-16(21)12-3-7-14(19)8-4-12/h3-10,16H,1-2,11H2,(H,20,22). The molecule has 2 aromatic carbocycles. The van der Waals surface area contributed by atoms with Crippen molar-refractivity contribution >= 4 is 23.3 Å². The van der Waals surface area contributed by atoms with Gasteiger partial charge in [-0.3, -0.25) is 0 Å². The normalized spacial score (nSPS) is 17.5. The molecular weight excluding hydrogens is 303 g/mol. The average Bonchev–Trinajstić information content (AvgIpc) is 3.00. The zero-order chi connectivity index (χ0) is 15.5. The minimum atomic E-state index is -0.265. The van der Waals surface area contributed by atoms with Crippen molar-refractivity contribution in [2.24, 2.45) is 0 Å². The van der Waals surface area contributed by atoms with Crippen molar-refractivity contribution in [1.29, 1.82) is 0 Å². The van der Waals surface area contributed by atoms with Crippen LogP contribution >= 0.6 is 11.6 Å². The Hall–Kier alpha value is -2.07. The first-order valence-corrected chi connectivity index (χ1v) is 7.60. The number of nitrogens with one attached hydrogen (secondary N) is 1. The molecule has 0 bridgehead atoms. The van der Waals surface area contributed by atoms with E-state index in [-0.39, 0.29) is 17.9 Å². The van der Waals surface area contributed by atoms with Crippen molar-refractivity contribution < 1.29 is 9.18 Å². The number of anilines is 1. The van der Waals surface area contributed by atoms with Crippen molar-refractivity contribution in [2.75, 3.05) is 11.9 Å². The summed E-state index contributed by atoms with van der Waals surface area (Å²) in [5.41, 5.74) is 1.67. The number of nitrogens with zero attached hydrogens (tertiary/aromatic N) is 1. The van der Waals surface area contributed by atoms with E-state index in [1.165, 1.54) is 12.1 Å². The number of carbonyl (C=O) groups excluding carboxylic acids is 1. The van der Waals surface area contributed by atoms with Gasteiger partial charge < -0.3 is 10.2 Å². The molecule has 1 aliphatic heterocycles. The third-order valence-electron chi connectivity index (χ3n) is 3.86. The summed E-state index contributed by atoms with van der Waals surface area (Å²) in [6.45, 7) is 0.696. The summed E-state index contributed by atoms with van der Waals surface area (Å²) in [4.78, 5) is 14.3. The maximum absolute atomic E-state index is 13.0. The fraction of sp³-hybridized carbons (Fsp3) is 0.235. The quantitative estimate of drug-likeness (QED) is 0.843. The van der Waals surface area contributed by atoms with Crippen molar-refractivity contribution in [3.8, 4) is 0 Å². The van der Waals surface area contributed by atoms with Crippen LogP contribution in [0.15, 0.2) is 48.5 Å². The second kappa shape index (κ2) is 6.36. The first kappa shape index (κ1) is 14.9. The van der Waals surface area contributed by atoms with Crippen LogP contribution in [0.5, 0.6) is 0 Å². The largest absolute Gasteiger partial charge is 0.322 e. The van der Waals surface area contributed by atoms with Crippen LogP contribution in [0.4, 0.5) is 14.9 Å². The van der Waals surface area contributed by atoms with Crippen LogP contribution in [-0.4, -0.2) is 17.5 Å². The van der Waals surface area contributed by atoms with Gasteiger partial charge in [0.2, 0.25) is 0 Å². The van der Waals surface area contributed by atoms with Crippen molar-refractivity contribution in [3.05, 3.63) is 64.9 Å². The first-order valence-electron chi connectivity index (χ1n) is 7.22. The fourth-order valence-electron chi connectivity index (χ4n) is 2.77. The fourth-order valence-corrected chi connectivity index (χ4v) is 2.90. The molecule has 2 aromatic rings. The number of likely N-dealkylation sites (tertiary alicyclic amines) is 1. The van der Waals surface area contributed by atoms with Crippen LogP contribution in [0.25, 0.3) is 0 Å². The molecule has 0 aromatic heterocycles.